The van der Waals surface area contributed by atoms with Crippen LogP contribution in [0.25, 0.3) is 0 Å². The van der Waals surface area contributed by atoms with Crippen molar-refractivity contribution in [1.82, 2.24) is 0 Å². The molecule has 0 bridgehead atoms. The number of aryl methyl sites for hydroxylation is 1. The molecule has 1 aliphatic rings. The maximum absolute atomic E-state index is 11.5. The monoisotopic (exact) mass is 241 g/mol. The normalized spacial score (nSPS) is 14.9. The van der Waals surface area contributed by atoms with Crippen molar-refractivity contribution in [3.63, 3.8) is 0 Å². The molecule has 18 heavy (non-hydrogen) atoms. The van der Waals surface area contributed by atoms with Crippen molar-refractivity contribution in [2.45, 2.75) is 12.8 Å². The quantitative estimate of drug-likeness (QED) is 0.653. The number of hydrogen-bond acceptors (Lipinski definition) is 3. The Kier molecular flexibility index (Phi) is 3.67. The third kappa shape index (κ3) is 2.53. The van der Waals surface area contributed by atoms with Gasteiger partial charge in [0.15, 0.2) is 5.78 Å². The average molecular weight is 241 g/mol. The number of aliphatic imine (C=N–C) groups is 2. The van der Waals surface area contributed by atoms with Gasteiger partial charge in [0.05, 0.1) is 0 Å². The van der Waals surface area contributed by atoms with Crippen LogP contribution in [0, 0.1) is 0 Å². The molecule has 1 N–H and O–H groups in total. The fourth-order valence-corrected chi connectivity index (χ4v) is 1.98. The highest BCUT2D eigenvalue weighted by molar-refractivity contribution is 6.05. The number of nitrogens with zero attached hydrogens (tertiary/aromatic N) is 2. The summed E-state index contributed by atoms with van der Waals surface area (Å²) >= 11 is 0. The molecule has 0 unspecified atom stereocenters. The third-order valence-electron chi connectivity index (χ3n) is 2.88. The number of anilines is 1. The molecule has 2 rings (SSSR count). The SMILES string of the molecule is C=N/C=C\C(=NC)Nc1ccc2c(c1)CCC2=O. The minimum absolute atomic E-state index is 0.233. The lowest BCUT2D eigenvalue weighted by Crippen LogP contribution is -2.09. The van der Waals surface area contributed by atoms with E-state index in [9.17, 15) is 4.79 Å². The molecule has 0 saturated carbocycles. The standard InChI is InChI=1S/C14H15N3O/c1-15-8-7-14(16-2)17-11-4-5-12-10(9-11)3-6-13(12)18/h4-5,7-9H,1,3,6H2,2H3,(H,16,17)/b8-7-. The summed E-state index contributed by atoms with van der Waals surface area (Å²) in [5.41, 5.74) is 2.88. The van der Waals surface area contributed by atoms with Crippen LogP contribution in [0.1, 0.15) is 22.3 Å². The van der Waals surface area contributed by atoms with Crippen LogP contribution in [0.4, 0.5) is 5.69 Å². The molecule has 0 atom stereocenters. The van der Waals surface area contributed by atoms with E-state index >= 15 is 0 Å². The molecule has 4 heteroatoms. The van der Waals surface area contributed by atoms with Crippen molar-refractivity contribution >= 4 is 24.0 Å². The largest absolute Gasteiger partial charge is 0.340 e. The second-order valence-electron chi connectivity index (χ2n) is 4.03. The first-order valence-corrected chi connectivity index (χ1v) is 5.77. The van der Waals surface area contributed by atoms with Gasteiger partial charge >= 0.3 is 0 Å². The molecule has 0 aromatic heterocycles. The van der Waals surface area contributed by atoms with Gasteiger partial charge in [0.1, 0.15) is 5.84 Å². The van der Waals surface area contributed by atoms with E-state index in [1.807, 2.05) is 18.2 Å². The zero-order valence-corrected chi connectivity index (χ0v) is 10.3. The van der Waals surface area contributed by atoms with E-state index in [0.717, 1.165) is 23.2 Å². The van der Waals surface area contributed by atoms with Gasteiger partial charge in [-0.25, -0.2) is 0 Å². The van der Waals surface area contributed by atoms with Crippen LogP contribution < -0.4 is 5.32 Å². The Morgan fingerprint density at radius 2 is 2.28 bits per heavy atom. The number of nitrogens with one attached hydrogen (secondary N) is 1. The Morgan fingerprint density at radius 3 is 3.00 bits per heavy atom. The topological polar surface area (TPSA) is 53.8 Å². The van der Waals surface area contributed by atoms with Crippen LogP contribution in [-0.4, -0.2) is 25.4 Å². The van der Waals surface area contributed by atoms with Gasteiger partial charge in [0.2, 0.25) is 0 Å². The summed E-state index contributed by atoms with van der Waals surface area (Å²) in [7, 11) is 1.70. The molecule has 1 aromatic carbocycles. The zero-order chi connectivity index (χ0) is 13.0. The lowest BCUT2D eigenvalue weighted by Gasteiger charge is -2.07. The molecular formula is C14H15N3O. The fraction of sp³-hybridized carbons (Fsp3) is 0.214. The zero-order valence-electron chi connectivity index (χ0n) is 10.3. The average Bonchev–Trinajstić information content (AvgIpc) is 2.76. The summed E-state index contributed by atoms with van der Waals surface area (Å²) in [5, 5.41) is 3.17. The van der Waals surface area contributed by atoms with Crippen molar-refractivity contribution in [3.8, 4) is 0 Å². The van der Waals surface area contributed by atoms with Gasteiger partial charge in [0.25, 0.3) is 0 Å². The lowest BCUT2D eigenvalue weighted by molar-refractivity contribution is 0.0994. The molecule has 4 nitrogen and oxygen atoms in total. The smallest absolute Gasteiger partial charge is 0.163 e. The summed E-state index contributed by atoms with van der Waals surface area (Å²) in [4.78, 5) is 19.3. The van der Waals surface area contributed by atoms with E-state index < -0.39 is 0 Å². The summed E-state index contributed by atoms with van der Waals surface area (Å²) < 4.78 is 0. The molecule has 0 saturated heterocycles. The number of carbonyl (C=O) groups is 1. The van der Waals surface area contributed by atoms with Gasteiger partial charge in [-0.05, 0) is 43.0 Å². The van der Waals surface area contributed by atoms with Crippen molar-refractivity contribution in [2.75, 3.05) is 12.4 Å². The van der Waals surface area contributed by atoms with E-state index in [1.54, 1.807) is 19.3 Å². The van der Waals surface area contributed by atoms with Crippen LogP contribution in [0.3, 0.4) is 0 Å². The van der Waals surface area contributed by atoms with Gasteiger partial charge in [-0.1, -0.05) is 0 Å². The predicted molar refractivity (Wildman–Crippen MR) is 74.8 cm³/mol. The van der Waals surface area contributed by atoms with Gasteiger partial charge in [0, 0.05) is 30.9 Å². The minimum Gasteiger partial charge on any atom is -0.340 e. The number of benzene rings is 1. The minimum atomic E-state index is 0.233. The lowest BCUT2D eigenvalue weighted by atomic mass is 10.1. The maximum Gasteiger partial charge on any atom is 0.163 e. The van der Waals surface area contributed by atoms with Crippen molar-refractivity contribution in [1.29, 1.82) is 0 Å². The van der Waals surface area contributed by atoms with Gasteiger partial charge < -0.3 is 5.32 Å². The second kappa shape index (κ2) is 5.40. The van der Waals surface area contributed by atoms with Crippen LogP contribution in [0.5, 0.6) is 0 Å². The molecule has 1 aromatic rings. The van der Waals surface area contributed by atoms with Gasteiger partial charge in [-0.3, -0.25) is 14.8 Å². The van der Waals surface area contributed by atoms with E-state index in [4.69, 9.17) is 0 Å². The number of carbonyl (C=O) groups excluding carboxylic acids is 1. The van der Waals surface area contributed by atoms with Crippen molar-refractivity contribution in [3.05, 3.63) is 41.6 Å². The summed E-state index contributed by atoms with van der Waals surface area (Å²) in [5.74, 6) is 0.934. The highest BCUT2D eigenvalue weighted by atomic mass is 16.1. The van der Waals surface area contributed by atoms with Crippen LogP contribution in [-0.2, 0) is 6.42 Å². The number of Topliss-reactive ketones (excluding diaryl/α,β-unsaturated/α-hetero) is 1. The number of ketones is 1. The summed E-state index contributed by atoms with van der Waals surface area (Å²) in [6.07, 6.45) is 4.76. The highest BCUT2D eigenvalue weighted by Gasteiger charge is 2.19. The third-order valence-corrected chi connectivity index (χ3v) is 2.88. The molecule has 92 valence electrons. The molecule has 1 aliphatic carbocycles. The Balaban J connectivity index is 2.18. The number of hydrogen-bond donors (Lipinski definition) is 1. The Bertz CT molecular complexity index is 544. The predicted octanol–water partition coefficient (Wildman–Crippen LogP) is 2.47. The molecule has 0 amide bonds. The van der Waals surface area contributed by atoms with Gasteiger partial charge in [-0.15, -0.1) is 0 Å². The first-order valence-electron chi connectivity index (χ1n) is 5.77. The van der Waals surface area contributed by atoms with E-state index in [1.165, 1.54) is 0 Å². The Labute approximate surface area is 106 Å². The Morgan fingerprint density at radius 1 is 1.44 bits per heavy atom. The Hall–Kier alpha value is -2.23. The van der Waals surface area contributed by atoms with E-state index in [-0.39, 0.29) is 5.78 Å². The van der Waals surface area contributed by atoms with E-state index in [2.05, 4.69) is 22.0 Å². The molecule has 0 radical (unpaired) electrons. The van der Waals surface area contributed by atoms with Crippen molar-refractivity contribution in [2.24, 2.45) is 9.98 Å². The maximum atomic E-state index is 11.5. The van der Waals surface area contributed by atoms with E-state index in [0.29, 0.717) is 12.3 Å². The fourth-order valence-electron chi connectivity index (χ4n) is 1.98. The highest BCUT2D eigenvalue weighted by Crippen LogP contribution is 2.24. The van der Waals surface area contributed by atoms with Gasteiger partial charge in [-0.2, -0.15) is 0 Å². The first kappa shape index (κ1) is 12.2. The summed E-state index contributed by atoms with van der Waals surface area (Å²) in [6.45, 7) is 3.37. The first-order chi connectivity index (χ1) is 8.74. The number of rotatable bonds is 3. The molecule has 0 heterocycles. The molecule has 0 fully saturated rings. The molecule has 0 aliphatic heterocycles. The number of fused-ring (bicyclic) bond motifs is 1. The number of amidine groups is 1. The van der Waals surface area contributed by atoms with Crippen molar-refractivity contribution < 1.29 is 4.79 Å². The van der Waals surface area contributed by atoms with Crippen LogP contribution in [0.2, 0.25) is 0 Å². The molecule has 0 spiro atoms. The van der Waals surface area contributed by atoms with Crippen LogP contribution >= 0.6 is 0 Å². The van der Waals surface area contributed by atoms with Crippen LogP contribution in [0.15, 0.2) is 40.5 Å². The summed E-state index contributed by atoms with van der Waals surface area (Å²) in [6, 6.07) is 5.76. The second-order valence-corrected chi connectivity index (χ2v) is 4.03. The molecular weight excluding hydrogens is 226 g/mol.